The van der Waals surface area contributed by atoms with Crippen LogP contribution in [0.25, 0.3) is 0 Å². The van der Waals surface area contributed by atoms with Gasteiger partial charge in [0.2, 0.25) is 5.89 Å². The van der Waals surface area contributed by atoms with Crippen LogP contribution in [0.3, 0.4) is 0 Å². The first-order valence-electron chi connectivity index (χ1n) is 8.88. The lowest BCUT2D eigenvalue weighted by atomic mass is 10.1. The number of carboxylic acid groups (broad SMARTS) is 1. The monoisotopic (exact) mass is 399 g/mol. The molecule has 152 valence electrons. The van der Waals surface area contributed by atoms with Crippen molar-refractivity contribution in [3.8, 4) is 0 Å². The maximum Gasteiger partial charge on any atom is 0.326 e. The zero-order chi connectivity index (χ0) is 20.6. The van der Waals surface area contributed by atoms with E-state index in [1.54, 1.807) is 30.5 Å². The Morgan fingerprint density at radius 3 is 2.62 bits per heavy atom. The van der Waals surface area contributed by atoms with E-state index in [2.05, 4.69) is 30.7 Å². The number of benzene rings is 1. The molecule has 0 unspecified atom stereocenters. The van der Waals surface area contributed by atoms with Gasteiger partial charge in [-0.25, -0.2) is 14.6 Å². The van der Waals surface area contributed by atoms with Gasteiger partial charge >= 0.3 is 12.0 Å². The largest absolute Gasteiger partial charge is 0.480 e. The molecule has 11 nitrogen and oxygen atoms in total. The molecule has 0 spiro atoms. The summed E-state index contributed by atoms with van der Waals surface area (Å²) in [6, 6.07) is 6.55. The average Bonchev–Trinajstić information content (AvgIpc) is 3.39. The number of H-pyrrole nitrogens is 1. The van der Waals surface area contributed by atoms with Gasteiger partial charge in [0.15, 0.2) is 5.82 Å². The van der Waals surface area contributed by atoms with Crippen LogP contribution >= 0.6 is 0 Å². The molecule has 11 heteroatoms. The molecule has 0 aliphatic rings. The number of carbonyl (C=O) groups excluding carboxylic acids is 1. The number of rotatable bonds is 9. The van der Waals surface area contributed by atoms with E-state index >= 15 is 0 Å². The minimum atomic E-state index is -1.14. The summed E-state index contributed by atoms with van der Waals surface area (Å²) in [7, 11) is 0. The van der Waals surface area contributed by atoms with E-state index < -0.39 is 24.1 Å². The number of aromatic nitrogens is 4. The van der Waals surface area contributed by atoms with Crippen LogP contribution in [0.5, 0.6) is 0 Å². The van der Waals surface area contributed by atoms with Gasteiger partial charge in [-0.05, 0) is 5.56 Å². The van der Waals surface area contributed by atoms with Gasteiger partial charge in [-0.1, -0.05) is 35.5 Å². The molecule has 2 amide bonds. The number of nitrogens with one attached hydrogen (secondary N) is 3. The minimum absolute atomic E-state index is 0.0879. The Balaban J connectivity index is 1.69. The zero-order valence-corrected chi connectivity index (χ0v) is 15.4. The van der Waals surface area contributed by atoms with Gasteiger partial charge in [0.1, 0.15) is 12.1 Å². The molecular weight excluding hydrogens is 378 g/mol. The second-order valence-electron chi connectivity index (χ2n) is 6.28. The number of aromatic amines is 1. The van der Waals surface area contributed by atoms with E-state index in [0.29, 0.717) is 5.82 Å². The van der Waals surface area contributed by atoms with Gasteiger partial charge in [0, 0.05) is 24.7 Å². The first-order chi connectivity index (χ1) is 14.0. The summed E-state index contributed by atoms with van der Waals surface area (Å²) in [5.41, 5.74) is 7.02. The summed E-state index contributed by atoms with van der Waals surface area (Å²) < 4.78 is 5.18. The van der Waals surface area contributed by atoms with E-state index in [1.807, 2.05) is 6.07 Å². The smallest absolute Gasteiger partial charge is 0.326 e. The van der Waals surface area contributed by atoms with Crippen LogP contribution in [0.1, 0.15) is 29.0 Å². The topological polar surface area (TPSA) is 172 Å². The van der Waals surface area contributed by atoms with Gasteiger partial charge in [0.05, 0.1) is 12.9 Å². The molecule has 0 radical (unpaired) electrons. The van der Waals surface area contributed by atoms with Crippen molar-refractivity contribution in [3.63, 3.8) is 0 Å². The lowest BCUT2D eigenvalue weighted by molar-refractivity contribution is -0.139. The molecule has 29 heavy (non-hydrogen) atoms. The van der Waals surface area contributed by atoms with Crippen LogP contribution in [0, 0.1) is 0 Å². The Labute approximate surface area is 165 Å². The van der Waals surface area contributed by atoms with E-state index in [9.17, 15) is 14.7 Å². The van der Waals surface area contributed by atoms with Crippen LogP contribution in [-0.4, -0.2) is 43.3 Å². The summed E-state index contributed by atoms with van der Waals surface area (Å²) in [5.74, 6) is -0.688. The fourth-order valence-electron chi connectivity index (χ4n) is 2.72. The molecule has 0 saturated carbocycles. The molecule has 0 bridgehead atoms. The molecular formula is C18H21N7O4. The van der Waals surface area contributed by atoms with Crippen LogP contribution in [0.2, 0.25) is 0 Å². The fourth-order valence-corrected chi connectivity index (χ4v) is 2.72. The van der Waals surface area contributed by atoms with Crippen LogP contribution in [-0.2, 0) is 24.2 Å². The number of nitrogens with two attached hydrogens (primary N) is 1. The van der Waals surface area contributed by atoms with Gasteiger partial charge in [-0.15, -0.1) is 0 Å². The number of nitrogens with zero attached hydrogens (tertiary/aromatic N) is 3. The quantitative estimate of drug-likeness (QED) is 0.346. The summed E-state index contributed by atoms with van der Waals surface area (Å²) >= 11 is 0. The Morgan fingerprint density at radius 1 is 1.21 bits per heavy atom. The SMILES string of the molecule is NCc1noc([C@H](Cc2cnc[nH]2)NC(=O)N[C@@H](Cc2ccccc2)C(=O)O)n1. The molecule has 3 rings (SSSR count). The van der Waals surface area contributed by atoms with Crippen molar-refractivity contribution in [2.75, 3.05) is 0 Å². The summed E-state index contributed by atoms with van der Waals surface area (Å²) in [5, 5.41) is 18.4. The summed E-state index contributed by atoms with van der Waals surface area (Å²) in [6.07, 6.45) is 3.54. The first kappa shape index (κ1) is 20.0. The minimum Gasteiger partial charge on any atom is -0.480 e. The normalized spacial score (nSPS) is 12.9. The molecule has 2 atom stereocenters. The lowest BCUT2D eigenvalue weighted by Crippen LogP contribution is -2.48. The predicted molar refractivity (Wildman–Crippen MR) is 100 cm³/mol. The zero-order valence-electron chi connectivity index (χ0n) is 15.4. The average molecular weight is 399 g/mol. The van der Waals surface area contributed by atoms with Crippen LogP contribution in [0.15, 0.2) is 47.4 Å². The van der Waals surface area contributed by atoms with Crippen molar-refractivity contribution in [3.05, 3.63) is 65.8 Å². The molecule has 2 heterocycles. The predicted octanol–water partition coefficient (Wildman–Crippen LogP) is 0.530. The number of hydrogen-bond donors (Lipinski definition) is 5. The van der Waals surface area contributed by atoms with E-state index in [4.69, 9.17) is 10.3 Å². The third-order valence-electron chi connectivity index (χ3n) is 4.13. The molecule has 2 aromatic heterocycles. The third kappa shape index (κ3) is 5.62. The summed E-state index contributed by atoms with van der Waals surface area (Å²) in [4.78, 5) is 35.1. The standard InChI is InChI=1S/C18H21N7O4/c19-8-15-24-16(29-25-15)13(7-12-9-20-10-21-12)22-18(28)23-14(17(26)27)6-11-4-2-1-3-5-11/h1-5,9-10,13-14H,6-8,19H2,(H,20,21)(H,26,27)(H2,22,23,28)/t13-,14-/m0/s1. The number of imidazole rings is 1. The van der Waals surface area contributed by atoms with Gasteiger partial charge < -0.3 is 31.0 Å². The van der Waals surface area contributed by atoms with Crippen molar-refractivity contribution in [2.24, 2.45) is 5.73 Å². The molecule has 6 N–H and O–H groups in total. The van der Waals surface area contributed by atoms with Crippen molar-refractivity contribution in [1.82, 2.24) is 30.7 Å². The maximum atomic E-state index is 12.5. The highest BCUT2D eigenvalue weighted by Gasteiger charge is 2.25. The highest BCUT2D eigenvalue weighted by atomic mass is 16.5. The van der Waals surface area contributed by atoms with Crippen molar-refractivity contribution >= 4 is 12.0 Å². The number of urea groups is 1. The highest BCUT2D eigenvalue weighted by Crippen LogP contribution is 2.16. The number of carbonyl (C=O) groups is 2. The Morgan fingerprint density at radius 2 is 2.00 bits per heavy atom. The Kier molecular flexibility index (Phi) is 6.53. The van der Waals surface area contributed by atoms with Crippen LogP contribution in [0.4, 0.5) is 4.79 Å². The molecule has 3 aromatic rings. The van der Waals surface area contributed by atoms with E-state index in [-0.39, 0.29) is 25.3 Å². The number of amides is 2. The van der Waals surface area contributed by atoms with Crippen molar-refractivity contribution in [2.45, 2.75) is 31.5 Å². The molecule has 0 fully saturated rings. The van der Waals surface area contributed by atoms with Crippen LogP contribution < -0.4 is 16.4 Å². The Hall–Kier alpha value is -3.73. The molecule has 0 aliphatic heterocycles. The number of carboxylic acids is 1. The Bertz CT molecular complexity index is 927. The van der Waals surface area contributed by atoms with Gasteiger partial charge in [-0.2, -0.15) is 4.98 Å². The van der Waals surface area contributed by atoms with E-state index in [1.165, 1.54) is 6.33 Å². The number of hydrogen-bond acceptors (Lipinski definition) is 7. The third-order valence-corrected chi connectivity index (χ3v) is 4.13. The first-order valence-corrected chi connectivity index (χ1v) is 8.88. The van der Waals surface area contributed by atoms with Gasteiger partial charge in [0.25, 0.3) is 0 Å². The van der Waals surface area contributed by atoms with Crippen molar-refractivity contribution < 1.29 is 19.2 Å². The molecule has 0 saturated heterocycles. The second kappa shape index (κ2) is 9.46. The lowest BCUT2D eigenvalue weighted by Gasteiger charge is -2.18. The summed E-state index contributed by atoms with van der Waals surface area (Å²) in [6.45, 7) is 0.0879. The van der Waals surface area contributed by atoms with E-state index in [0.717, 1.165) is 11.3 Å². The maximum absolute atomic E-state index is 12.5. The fraction of sp³-hybridized carbons (Fsp3) is 0.278. The molecule has 1 aromatic carbocycles. The second-order valence-corrected chi connectivity index (χ2v) is 6.28. The van der Waals surface area contributed by atoms with Gasteiger partial charge in [-0.3, -0.25) is 0 Å². The highest BCUT2D eigenvalue weighted by molar-refractivity contribution is 5.82. The van der Waals surface area contributed by atoms with Crippen molar-refractivity contribution in [1.29, 1.82) is 0 Å². The molecule has 0 aliphatic carbocycles. The number of aliphatic carboxylic acids is 1.